The van der Waals surface area contributed by atoms with Crippen LogP contribution in [0.5, 0.6) is 5.75 Å². The molecule has 10 bridgehead atoms. The summed E-state index contributed by atoms with van der Waals surface area (Å²) >= 11 is 0. The highest BCUT2D eigenvalue weighted by molar-refractivity contribution is 5.26. The van der Waals surface area contributed by atoms with E-state index < -0.39 is 34.6 Å². The summed E-state index contributed by atoms with van der Waals surface area (Å²) in [5.74, 6) is -1.79. The minimum atomic E-state index is -2.13. The highest BCUT2D eigenvalue weighted by Gasteiger charge is 2.56. The number of halogens is 5. The minimum absolute atomic E-state index is 0.237. The number of ether oxygens (including phenoxy) is 1. The van der Waals surface area contributed by atoms with Gasteiger partial charge in [-0.25, -0.2) is 22.0 Å². The molecule has 7 unspecified atom stereocenters. The Balaban J connectivity index is 0.000000114. The molecule has 12 rings (SSSR count). The molecule has 0 aromatic heterocycles. The van der Waals surface area contributed by atoms with Crippen LogP contribution in [0.1, 0.15) is 135 Å². The molecule has 2 N–H and O–H groups in total. The van der Waals surface area contributed by atoms with Gasteiger partial charge in [-0.1, -0.05) is 44.9 Å². The number of benzene rings is 2. The summed E-state index contributed by atoms with van der Waals surface area (Å²) in [7, 11) is 1.67. The molecule has 10 aliphatic carbocycles. The van der Waals surface area contributed by atoms with E-state index in [1.54, 1.807) is 32.8 Å². The molecule has 0 saturated heterocycles. The Morgan fingerprint density at radius 2 is 0.981 bits per heavy atom. The quantitative estimate of drug-likeness (QED) is 0.174. The van der Waals surface area contributed by atoms with E-state index in [1.165, 1.54) is 44.1 Å². The van der Waals surface area contributed by atoms with Crippen LogP contribution in [0.3, 0.4) is 0 Å². The molecule has 10 fully saturated rings. The van der Waals surface area contributed by atoms with Gasteiger partial charge in [0.15, 0.2) is 23.3 Å². The van der Waals surface area contributed by atoms with Crippen LogP contribution in [-0.4, -0.2) is 28.5 Å². The molecular formula is C45H63F5O3. The predicted octanol–water partition coefficient (Wildman–Crippen LogP) is 11.8. The van der Waals surface area contributed by atoms with E-state index in [-0.39, 0.29) is 11.2 Å². The largest absolute Gasteiger partial charge is 0.497 e. The van der Waals surface area contributed by atoms with E-state index in [0.717, 1.165) is 92.6 Å². The molecule has 3 nitrogen and oxygen atoms in total. The highest BCUT2D eigenvalue weighted by atomic mass is 19.2. The van der Waals surface area contributed by atoms with Gasteiger partial charge >= 0.3 is 0 Å². The van der Waals surface area contributed by atoms with Gasteiger partial charge in [-0.2, -0.15) is 0 Å². The maximum atomic E-state index is 12.4. The second-order valence-electron chi connectivity index (χ2n) is 19.9. The first-order valence-corrected chi connectivity index (χ1v) is 20.3. The van der Waals surface area contributed by atoms with Crippen molar-refractivity contribution in [3.8, 4) is 5.75 Å². The molecule has 53 heavy (non-hydrogen) atoms. The molecule has 10 saturated carbocycles. The number of methoxy groups -OCH3 is 1. The zero-order chi connectivity index (χ0) is 38.5. The predicted molar refractivity (Wildman–Crippen MR) is 199 cm³/mol. The maximum Gasteiger partial charge on any atom is 0.200 e. The lowest BCUT2D eigenvalue weighted by atomic mass is 9.48. The summed E-state index contributed by atoms with van der Waals surface area (Å²) in [4.78, 5) is 0. The highest BCUT2D eigenvalue weighted by Crippen LogP contribution is 2.62. The minimum Gasteiger partial charge on any atom is -0.497 e. The van der Waals surface area contributed by atoms with Gasteiger partial charge in [0.25, 0.3) is 0 Å². The number of hydrogen-bond acceptors (Lipinski definition) is 3. The van der Waals surface area contributed by atoms with Crippen molar-refractivity contribution in [2.45, 2.75) is 149 Å². The second-order valence-corrected chi connectivity index (χ2v) is 19.9. The fourth-order valence-corrected chi connectivity index (χ4v) is 13.3. The van der Waals surface area contributed by atoms with Crippen molar-refractivity contribution in [2.75, 3.05) is 7.11 Å². The summed E-state index contributed by atoms with van der Waals surface area (Å²) < 4.78 is 66.5. The molecule has 2 aromatic rings. The third kappa shape index (κ3) is 9.27. The van der Waals surface area contributed by atoms with E-state index >= 15 is 0 Å². The zero-order valence-electron chi connectivity index (χ0n) is 32.9. The Labute approximate surface area is 314 Å². The van der Waals surface area contributed by atoms with Gasteiger partial charge in [0.2, 0.25) is 5.82 Å². The smallest absolute Gasteiger partial charge is 0.200 e. The topological polar surface area (TPSA) is 49.7 Å². The standard InChI is InChI=1S/2C11H18O.C8H10O.C8H14.C7H3F5/c2*1-10-3-8-2-9(4-10)6-11(12,5-8)7-10;1-7-3-5-8(9-2)6-4-7;1-6-4-7-2-3-8(6)5-7;1-2-3(8)5(10)7(12)6(11)4(2)9/h2*8-9,12H,2-7H2,1H3;3-6H,1-2H3;6-8H,2-5H2,1H3;1H3. The molecular weight excluding hydrogens is 683 g/mol. The second kappa shape index (κ2) is 15.4. The van der Waals surface area contributed by atoms with Crippen LogP contribution < -0.4 is 4.74 Å². The van der Waals surface area contributed by atoms with Crippen LogP contribution in [0.4, 0.5) is 22.0 Å². The monoisotopic (exact) mass is 746 g/mol. The van der Waals surface area contributed by atoms with Crippen LogP contribution in [0.15, 0.2) is 24.3 Å². The van der Waals surface area contributed by atoms with Crippen molar-refractivity contribution in [1.29, 1.82) is 0 Å². The van der Waals surface area contributed by atoms with Gasteiger partial charge in [0.1, 0.15) is 5.75 Å². The van der Waals surface area contributed by atoms with Gasteiger partial charge in [-0.3, -0.25) is 0 Å². The number of aryl methyl sites for hydroxylation is 1. The Bertz CT molecular complexity index is 1370. The van der Waals surface area contributed by atoms with Crippen molar-refractivity contribution >= 4 is 0 Å². The van der Waals surface area contributed by atoms with Gasteiger partial charge in [-0.05, 0) is 175 Å². The van der Waals surface area contributed by atoms with Gasteiger partial charge < -0.3 is 14.9 Å². The number of hydrogen-bond donors (Lipinski definition) is 2. The third-order valence-corrected chi connectivity index (χ3v) is 14.4. The van der Waals surface area contributed by atoms with E-state index in [1.807, 2.05) is 24.3 Å². The Morgan fingerprint density at radius 1 is 0.566 bits per heavy atom. The van der Waals surface area contributed by atoms with Crippen LogP contribution in [0.2, 0.25) is 0 Å². The van der Waals surface area contributed by atoms with Crippen molar-refractivity contribution in [3.05, 3.63) is 64.5 Å². The number of rotatable bonds is 1. The molecule has 2 aromatic carbocycles. The third-order valence-electron chi connectivity index (χ3n) is 14.4. The summed E-state index contributed by atoms with van der Waals surface area (Å²) in [6, 6.07) is 7.96. The van der Waals surface area contributed by atoms with E-state index in [9.17, 15) is 32.2 Å². The van der Waals surface area contributed by atoms with Crippen LogP contribution >= 0.6 is 0 Å². The lowest BCUT2D eigenvalue weighted by molar-refractivity contribution is -0.157. The molecule has 0 radical (unpaired) electrons. The normalized spacial score (nSPS) is 40.2. The van der Waals surface area contributed by atoms with E-state index in [2.05, 4.69) is 27.7 Å². The molecule has 0 amide bonds. The SMILES string of the molecule is CC12CC3CC(C1)CC(O)(C3)C2.CC12CC3CC(C1)CC(O)(C3)C2.CC1CC2CCC1C2.COc1ccc(C)cc1.Cc1c(F)c(F)c(F)c(F)c1F. The van der Waals surface area contributed by atoms with Crippen molar-refractivity contribution in [1.82, 2.24) is 0 Å². The lowest BCUT2D eigenvalue weighted by Gasteiger charge is -2.59. The zero-order valence-corrected chi connectivity index (χ0v) is 32.9. The summed E-state index contributed by atoms with van der Waals surface area (Å²) in [6.07, 6.45) is 21.2. The van der Waals surface area contributed by atoms with Crippen LogP contribution in [0, 0.1) is 95.2 Å². The summed E-state index contributed by atoms with van der Waals surface area (Å²) in [5, 5.41) is 20.5. The van der Waals surface area contributed by atoms with Crippen molar-refractivity contribution < 1.29 is 36.9 Å². The number of aliphatic hydroxyl groups is 2. The van der Waals surface area contributed by atoms with Gasteiger partial charge in [-0.15, -0.1) is 0 Å². The van der Waals surface area contributed by atoms with Crippen molar-refractivity contribution in [3.63, 3.8) is 0 Å². The molecule has 10 aliphatic rings. The van der Waals surface area contributed by atoms with Crippen LogP contribution in [0.25, 0.3) is 0 Å². The molecule has 0 spiro atoms. The Kier molecular flexibility index (Phi) is 11.8. The Hall–Kier alpha value is -2.19. The first-order valence-electron chi connectivity index (χ1n) is 20.3. The summed E-state index contributed by atoms with van der Waals surface area (Å²) in [5.41, 5.74) is 0.942. The molecule has 296 valence electrons. The Morgan fingerprint density at radius 3 is 1.26 bits per heavy atom. The fourth-order valence-electron chi connectivity index (χ4n) is 13.3. The van der Waals surface area contributed by atoms with E-state index in [4.69, 9.17) is 4.74 Å². The first kappa shape index (κ1) is 40.5. The van der Waals surface area contributed by atoms with Gasteiger partial charge in [0, 0.05) is 5.56 Å². The first-order chi connectivity index (χ1) is 24.8. The lowest BCUT2D eigenvalue weighted by Crippen LogP contribution is -2.54. The molecule has 0 aliphatic heterocycles. The maximum absolute atomic E-state index is 12.4. The molecule has 8 heteroatoms. The van der Waals surface area contributed by atoms with Gasteiger partial charge in [0.05, 0.1) is 18.3 Å². The van der Waals surface area contributed by atoms with Crippen LogP contribution in [-0.2, 0) is 0 Å². The summed E-state index contributed by atoms with van der Waals surface area (Å²) in [6.45, 7) is 10.1. The van der Waals surface area contributed by atoms with Crippen molar-refractivity contribution in [2.24, 2.45) is 52.3 Å². The average Bonchev–Trinajstić information content (AvgIpc) is 3.67. The fraction of sp³-hybridized carbons (Fsp3) is 0.733. The number of fused-ring (bicyclic) bond motifs is 2. The molecule has 7 atom stereocenters. The average molecular weight is 747 g/mol. The van der Waals surface area contributed by atoms with E-state index in [0.29, 0.717) is 10.8 Å². The molecule has 0 heterocycles.